The maximum Gasteiger partial charge on any atom is 0.272 e. The van der Waals surface area contributed by atoms with Crippen molar-refractivity contribution in [2.75, 3.05) is 6.61 Å². The Labute approximate surface area is 85.9 Å². The van der Waals surface area contributed by atoms with Crippen LogP contribution in [0.3, 0.4) is 0 Å². The summed E-state index contributed by atoms with van der Waals surface area (Å²) in [7, 11) is 0. The van der Waals surface area contributed by atoms with E-state index < -0.39 is 13.0 Å². The molecule has 1 heterocycles. The molecule has 1 aromatic heterocycles. The topological polar surface area (TPSA) is 22.1 Å². The monoisotopic (exact) mass is 221 g/mol. The summed E-state index contributed by atoms with van der Waals surface area (Å²) in [5, 5.41) is 0.381. The van der Waals surface area contributed by atoms with E-state index in [1.807, 2.05) is 6.92 Å². The molecule has 2 nitrogen and oxygen atoms in total. The molecular weight excluding hydrogens is 212 g/mol. The molecule has 0 saturated heterocycles. The Morgan fingerprint density at radius 2 is 2.29 bits per heavy atom. The smallest absolute Gasteiger partial charge is 0.272 e. The number of ether oxygens (including phenoxy) is 1. The molecule has 1 rings (SSSR count). The van der Waals surface area contributed by atoms with E-state index in [0.29, 0.717) is 22.9 Å². The minimum Gasteiger partial charge on any atom is -0.486 e. The van der Waals surface area contributed by atoms with Crippen molar-refractivity contribution in [2.24, 2.45) is 0 Å². The quantitative estimate of drug-likeness (QED) is 0.780. The van der Waals surface area contributed by atoms with E-state index in [0.717, 1.165) is 0 Å². The first kappa shape index (κ1) is 11.2. The normalized spacial score (nSPS) is 10.6. The van der Waals surface area contributed by atoms with Crippen LogP contribution in [0.15, 0.2) is 12.3 Å². The third-order valence-electron chi connectivity index (χ3n) is 1.60. The highest BCUT2D eigenvalue weighted by molar-refractivity contribution is 6.30. The number of halogens is 3. The van der Waals surface area contributed by atoms with Crippen molar-refractivity contribution < 1.29 is 13.5 Å². The Morgan fingerprint density at radius 3 is 2.86 bits per heavy atom. The molecule has 0 unspecified atom stereocenters. The van der Waals surface area contributed by atoms with Gasteiger partial charge in [0.05, 0.1) is 10.7 Å². The van der Waals surface area contributed by atoms with Crippen molar-refractivity contribution in [3.63, 3.8) is 0 Å². The summed E-state index contributed by atoms with van der Waals surface area (Å²) >= 11 is 5.66. The predicted octanol–water partition coefficient (Wildman–Crippen LogP) is 2.94. The van der Waals surface area contributed by atoms with Gasteiger partial charge >= 0.3 is 0 Å². The zero-order valence-corrected chi connectivity index (χ0v) is 8.39. The highest BCUT2D eigenvalue weighted by atomic mass is 35.5. The van der Waals surface area contributed by atoms with Gasteiger partial charge in [0.1, 0.15) is 12.4 Å². The van der Waals surface area contributed by atoms with Crippen LogP contribution < -0.4 is 4.74 Å². The van der Waals surface area contributed by atoms with Crippen LogP contribution in [-0.4, -0.2) is 18.0 Å². The zero-order valence-electron chi connectivity index (χ0n) is 7.64. The van der Waals surface area contributed by atoms with Crippen LogP contribution in [0.5, 0.6) is 5.75 Å². The van der Waals surface area contributed by atoms with Crippen LogP contribution in [0.4, 0.5) is 8.78 Å². The van der Waals surface area contributed by atoms with Crippen molar-refractivity contribution >= 4 is 11.6 Å². The van der Waals surface area contributed by atoms with Gasteiger partial charge in [-0.15, -0.1) is 0 Å². The number of hydrogen-bond donors (Lipinski definition) is 0. The van der Waals surface area contributed by atoms with Crippen LogP contribution in [0, 0.1) is 0 Å². The molecule has 0 spiro atoms. The average Bonchev–Trinajstić information content (AvgIpc) is 2.15. The third-order valence-corrected chi connectivity index (χ3v) is 1.80. The van der Waals surface area contributed by atoms with Crippen molar-refractivity contribution in [2.45, 2.75) is 19.8 Å². The number of hydrogen-bond acceptors (Lipinski definition) is 2. The Balaban J connectivity index is 2.77. The molecule has 0 aliphatic carbocycles. The van der Waals surface area contributed by atoms with Gasteiger partial charge in [-0.3, -0.25) is 4.98 Å². The van der Waals surface area contributed by atoms with E-state index in [-0.39, 0.29) is 0 Å². The van der Waals surface area contributed by atoms with E-state index in [1.54, 1.807) is 0 Å². The van der Waals surface area contributed by atoms with Gasteiger partial charge in [-0.25, -0.2) is 8.78 Å². The van der Waals surface area contributed by atoms with Crippen LogP contribution in [0.2, 0.25) is 5.02 Å². The molecule has 0 radical (unpaired) electrons. The SMILES string of the molecule is CCc1ncc(Cl)cc1OCC(F)F. The number of alkyl halides is 2. The molecule has 0 aliphatic heterocycles. The van der Waals surface area contributed by atoms with Crippen LogP contribution in [-0.2, 0) is 6.42 Å². The molecule has 0 aromatic carbocycles. The van der Waals surface area contributed by atoms with Gasteiger partial charge in [0.25, 0.3) is 6.43 Å². The maximum absolute atomic E-state index is 11.9. The maximum atomic E-state index is 11.9. The molecule has 5 heteroatoms. The second kappa shape index (κ2) is 5.10. The Hall–Kier alpha value is -0.900. The zero-order chi connectivity index (χ0) is 10.6. The second-order valence-corrected chi connectivity index (χ2v) is 3.09. The lowest BCUT2D eigenvalue weighted by molar-refractivity contribution is 0.0812. The van der Waals surface area contributed by atoms with Crippen molar-refractivity contribution in [1.82, 2.24) is 4.98 Å². The summed E-state index contributed by atoms with van der Waals surface area (Å²) in [6.07, 6.45) is -0.399. The lowest BCUT2D eigenvalue weighted by atomic mass is 10.3. The van der Waals surface area contributed by atoms with Gasteiger partial charge in [-0.05, 0) is 6.42 Å². The predicted molar refractivity (Wildman–Crippen MR) is 50.1 cm³/mol. The summed E-state index contributed by atoms with van der Waals surface area (Å²) in [5.74, 6) is 0.334. The van der Waals surface area contributed by atoms with Gasteiger partial charge in [0, 0.05) is 12.3 Å². The average molecular weight is 222 g/mol. The molecule has 0 saturated carbocycles. The minimum atomic E-state index is -2.49. The first-order valence-corrected chi connectivity index (χ1v) is 4.56. The lowest BCUT2D eigenvalue weighted by Gasteiger charge is -2.09. The van der Waals surface area contributed by atoms with Crippen LogP contribution >= 0.6 is 11.6 Å². The lowest BCUT2D eigenvalue weighted by Crippen LogP contribution is -2.08. The fraction of sp³-hybridized carbons (Fsp3) is 0.444. The molecule has 0 N–H and O–H groups in total. The van der Waals surface area contributed by atoms with Gasteiger partial charge in [0.2, 0.25) is 0 Å². The van der Waals surface area contributed by atoms with Gasteiger partial charge in [-0.1, -0.05) is 18.5 Å². The fourth-order valence-corrected chi connectivity index (χ4v) is 1.14. The van der Waals surface area contributed by atoms with Crippen molar-refractivity contribution in [1.29, 1.82) is 0 Å². The molecule has 0 amide bonds. The van der Waals surface area contributed by atoms with Gasteiger partial charge < -0.3 is 4.74 Å². The first-order chi connectivity index (χ1) is 6.63. The van der Waals surface area contributed by atoms with E-state index in [2.05, 4.69) is 4.98 Å². The van der Waals surface area contributed by atoms with E-state index in [9.17, 15) is 8.78 Å². The number of pyridine rings is 1. The number of nitrogens with zero attached hydrogens (tertiary/aromatic N) is 1. The number of rotatable bonds is 4. The molecular formula is C9H10ClF2NO. The summed E-state index contributed by atoms with van der Waals surface area (Å²) < 4.78 is 28.6. The summed E-state index contributed by atoms with van der Waals surface area (Å²) in [6, 6.07) is 1.50. The molecule has 1 aromatic rings. The fourth-order valence-electron chi connectivity index (χ4n) is 0.992. The largest absolute Gasteiger partial charge is 0.486 e. The molecule has 78 valence electrons. The van der Waals surface area contributed by atoms with E-state index in [1.165, 1.54) is 12.3 Å². The molecule has 14 heavy (non-hydrogen) atoms. The second-order valence-electron chi connectivity index (χ2n) is 2.65. The molecule has 0 bridgehead atoms. The van der Waals surface area contributed by atoms with Gasteiger partial charge in [0.15, 0.2) is 0 Å². The Morgan fingerprint density at radius 1 is 1.57 bits per heavy atom. The molecule has 0 atom stereocenters. The van der Waals surface area contributed by atoms with E-state index in [4.69, 9.17) is 16.3 Å². The van der Waals surface area contributed by atoms with Crippen molar-refractivity contribution in [3.8, 4) is 5.75 Å². The third kappa shape index (κ3) is 3.10. The number of aromatic nitrogens is 1. The van der Waals surface area contributed by atoms with Crippen LogP contribution in [0.1, 0.15) is 12.6 Å². The highest BCUT2D eigenvalue weighted by Crippen LogP contribution is 2.21. The van der Waals surface area contributed by atoms with E-state index >= 15 is 0 Å². The highest BCUT2D eigenvalue weighted by Gasteiger charge is 2.08. The number of aryl methyl sites for hydroxylation is 1. The summed E-state index contributed by atoms with van der Waals surface area (Å²) in [4.78, 5) is 3.97. The summed E-state index contributed by atoms with van der Waals surface area (Å²) in [6.45, 7) is 1.24. The van der Waals surface area contributed by atoms with Gasteiger partial charge in [-0.2, -0.15) is 0 Å². The first-order valence-electron chi connectivity index (χ1n) is 4.18. The minimum absolute atomic E-state index is 0.334. The van der Waals surface area contributed by atoms with Crippen LogP contribution in [0.25, 0.3) is 0 Å². The standard InChI is InChI=1S/C9H10ClF2NO/c1-2-7-8(14-5-9(11)12)3-6(10)4-13-7/h3-4,9H,2,5H2,1H3. The summed E-state index contributed by atoms with van der Waals surface area (Å²) in [5.41, 5.74) is 0.634. The Bertz CT molecular complexity index is 307. The van der Waals surface area contributed by atoms with Crippen molar-refractivity contribution in [3.05, 3.63) is 23.0 Å². The molecule has 0 aliphatic rings. The molecule has 0 fully saturated rings. The Kier molecular flexibility index (Phi) is 4.07.